The van der Waals surface area contributed by atoms with Crippen molar-refractivity contribution in [1.29, 1.82) is 0 Å². The highest BCUT2D eigenvalue weighted by Gasteiger charge is 2.18. The van der Waals surface area contributed by atoms with Crippen LogP contribution in [0.5, 0.6) is 0 Å². The first-order valence-electron chi connectivity index (χ1n) is 35.3. The SMILES string of the molecule is CCCC/C=C\CCCCCCCC(=O)OCCCCCCCCCCCCCC/C=C\CCCCCCCCCCCCCCCCCCCC(=O)NC(CO)C(O)/C=C/CCCCCCCCCCCCCCCCC. The molecule has 0 rings (SSSR count). The van der Waals surface area contributed by atoms with Gasteiger partial charge in [0.1, 0.15) is 0 Å². The molecule has 2 unspecified atom stereocenters. The van der Waals surface area contributed by atoms with E-state index in [0.717, 1.165) is 44.9 Å². The fourth-order valence-corrected chi connectivity index (χ4v) is 11.0. The molecular formula is C72H137NO5. The topological polar surface area (TPSA) is 95.9 Å². The average molecular weight is 1100 g/mol. The van der Waals surface area contributed by atoms with Crippen molar-refractivity contribution in [3.05, 3.63) is 36.5 Å². The summed E-state index contributed by atoms with van der Waals surface area (Å²) in [6.07, 6.45) is 86.6. The molecule has 0 aliphatic rings. The van der Waals surface area contributed by atoms with Crippen LogP contribution in [0.3, 0.4) is 0 Å². The molecule has 2 atom stereocenters. The summed E-state index contributed by atoms with van der Waals surface area (Å²) in [5, 5.41) is 23.2. The molecule has 0 aliphatic carbocycles. The third-order valence-electron chi connectivity index (χ3n) is 16.4. The third-order valence-corrected chi connectivity index (χ3v) is 16.4. The van der Waals surface area contributed by atoms with Crippen LogP contribution >= 0.6 is 0 Å². The number of allylic oxidation sites excluding steroid dienone is 5. The quantitative estimate of drug-likeness (QED) is 0.0320. The lowest BCUT2D eigenvalue weighted by Crippen LogP contribution is -2.45. The van der Waals surface area contributed by atoms with Gasteiger partial charge < -0.3 is 20.3 Å². The van der Waals surface area contributed by atoms with Crippen LogP contribution in [-0.2, 0) is 14.3 Å². The van der Waals surface area contributed by atoms with Gasteiger partial charge in [-0.1, -0.05) is 333 Å². The smallest absolute Gasteiger partial charge is 0.305 e. The van der Waals surface area contributed by atoms with Crippen molar-refractivity contribution in [3.63, 3.8) is 0 Å². The average Bonchev–Trinajstić information content (AvgIpc) is 3.44. The minimum Gasteiger partial charge on any atom is -0.466 e. The molecule has 0 heterocycles. The monoisotopic (exact) mass is 1100 g/mol. The second-order valence-corrected chi connectivity index (χ2v) is 24.2. The van der Waals surface area contributed by atoms with Gasteiger partial charge in [0.15, 0.2) is 0 Å². The van der Waals surface area contributed by atoms with E-state index in [1.165, 1.54) is 315 Å². The van der Waals surface area contributed by atoms with Gasteiger partial charge >= 0.3 is 5.97 Å². The summed E-state index contributed by atoms with van der Waals surface area (Å²) in [5.41, 5.74) is 0. The number of aliphatic hydroxyl groups is 2. The standard InChI is InChI=1S/C72H137NO5/c1-3-5-7-9-11-13-15-16-17-35-38-41-45-48-52-56-60-64-70(75)69(68-74)73-71(76)65-61-57-53-49-46-42-39-36-33-31-29-27-25-23-21-19-18-20-22-24-26-28-30-32-34-37-40-43-47-51-55-59-63-67-78-72(77)66-62-58-54-50-44-14-12-10-8-6-4-2/h10,12,22,24,60,64,69-70,74-75H,3-9,11,13-21,23,25-59,61-63,65-68H2,1-2H3,(H,73,76)/b12-10-,24-22-,64-60+. The van der Waals surface area contributed by atoms with E-state index in [4.69, 9.17) is 4.74 Å². The maximum atomic E-state index is 12.5. The van der Waals surface area contributed by atoms with Gasteiger partial charge in [-0.15, -0.1) is 0 Å². The van der Waals surface area contributed by atoms with Crippen LogP contribution in [0.4, 0.5) is 0 Å². The molecule has 0 aliphatic heterocycles. The maximum Gasteiger partial charge on any atom is 0.305 e. The van der Waals surface area contributed by atoms with E-state index in [1.54, 1.807) is 6.08 Å². The zero-order chi connectivity index (χ0) is 56.4. The van der Waals surface area contributed by atoms with Crippen molar-refractivity contribution in [2.75, 3.05) is 13.2 Å². The summed E-state index contributed by atoms with van der Waals surface area (Å²) >= 11 is 0. The molecule has 0 aromatic rings. The van der Waals surface area contributed by atoms with Crippen molar-refractivity contribution >= 4 is 11.9 Å². The molecule has 0 spiro atoms. The van der Waals surface area contributed by atoms with Crippen molar-refractivity contribution in [2.45, 2.75) is 398 Å². The summed E-state index contributed by atoms with van der Waals surface area (Å²) in [6, 6.07) is -0.626. The van der Waals surface area contributed by atoms with E-state index in [-0.39, 0.29) is 18.5 Å². The number of carbonyl (C=O) groups excluding carboxylic acids is 2. The second kappa shape index (κ2) is 67.6. The zero-order valence-corrected chi connectivity index (χ0v) is 52.7. The number of rotatable bonds is 66. The first-order valence-corrected chi connectivity index (χ1v) is 35.3. The number of carbonyl (C=O) groups is 2. The van der Waals surface area contributed by atoms with Crippen molar-refractivity contribution < 1.29 is 24.5 Å². The van der Waals surface area contributed by atoms with E-state index in [9.17, 15) is 19.8 Å². The van der Waals surface area contributed by atoms with E-state index in [2.05, 4.69) is 43.5 Å². The van der Waals surface area contributed by atoms with E-state index >= 15 is 0 Å². The first kappa shape index (κ1) is 76.1. The first-order chi connectivity index (χ1) is 38.5. The van der Waals surface area contributed by atoms with Crippen molar-refractivity contribution in [3.8, 4) is 0 Å². The minimum absolute atomic E-state index is 0.00749. The van der Waals surface area contributed by atoms with Gasteiger partial charge in [-0.3, -0.25) is 9.59 Å². The fourth-order valence-electron chi connectivity index (χ4n) is 11.0. The predicted molar refractivity (Wildman–Crippen MR) is 343 cm³/mol. The highest BCUT2D eigenvalue weighted by molar-refractivity contribution is 5.76. The lowest BCUT2D eigenvalue weighted by Gasteiger charge is -2.20. The molecule has 1 amide bonds. The van der Waals surface area contributed by atoms with Crippen molar-refractivity contribution in [2.24, 2.45) is 0 Å². The van der Waals surface area contributed by atoms with Gasteiger partial charge in [0.25, 0.3) is 0 Å². The third kappa shape index (κ3) is 63.3. The molecule has 6 heteroatoms. The summed E-state index contributed by atoms with van der Waals surface area (Å²) in [5.74, 6) is -0.0546. The van der Waals surface area contributed by atoms with Crippen molar-refractivity contribution in [1.82, 2.24) is 5.32 Å². The Balaban J connectivity index is 3.37. The number of unbranched alkanes of at least 4 members (excludes halogenated alkanes) is 51. The zero-order valence-electron chi connectivity index (χ0n) is 52.7. The van der Waals surface area contributed by atoms with Gasteiger partial charge in [0.05, 0.1) is 25.4 Å². The van der Waals surface area contributed by atoms with Crippen LogP contribution in [0.15, 0.2) is 36.5 Å². The largest absolute Gasteiger partial charge is 0.466 e. The molecule has 0 aromatic carbocycles. The molecule has 0 saturated heterocycles. The Hall–Kier alpha value is -1.92. The predicted octanol–water partition coefficient (Wildman–Crippen LogP) is 22.7. The molecular weight excluding hydrogens is 959 g/mol. The van der Waals surface area contributed by atoms with Gasteiger partial charge in [-0.25, -0.2) is 0 Å². The van der Waals surface area contributed by atoms with Crippen LogP contribution in [0.2, 0.25) is 0 Å². The Bertz CT molecular complexity index is 1260. The van der Waals surface area contributed by atoms with Crippen LogP contribution < -0.4 is 5.32 Å². The lowest BCUT2D eigenvalue weighted by atomic mass is 10.0. The summed E-state index contributed by atoms with van der Waals surface area (Å²) in [7, 11) is 0. The fraction of sp³-hybridized carbons (Fsp3) is 0.889. The molecule has 78 heavy (non-hydrogen) atoms. The van der Waals surface area contributed by atoms with Gasteiger partial charge in [-0.05, 0) is 77.0 Å². The number of nitrogens with one attached hydrogen (secondary N) is 1. The Morgan fingerprint density at radius 2 is 0.615 bits per heavy atom. The lowest BCUT2D eigenvalue weighted by molar-refractivity contribution is -0.143. The van der Waals surface area contributed by atoms with Crippen LogP contribution in [0.1, 0.15) is 386 Å². The number of aliphatic hydroxyl groups excluding tert-OH is 2. The highest BCUT2D eigenvalue weighted by Crippen LogP contribution is 2.18. The molecule has 0 aromatic heterocycles. The van der Waals surface area contributed by atoms with Crippen LogP contribution in [0.25, 0.3) is 0 Å². The molecule has 0 saturated carbocycles. The van der Waals surface area contributed by atoms with Crippen LogP contribution in [0, 0.1) is 0 Å². The molecule has 460 valence electrons. The summed E-state index contributed by atoms with van der Waals surface area (Å²) in [6.45, 7) is 4.89. The second-order valence-electron chi connectivity index (χ2n) is 24.2. The van der Waals surface area contributed by atoms with E-state index in [1.807, 2.05) is 6.08 Å². The number of hydrogen-bond donors (Lipinski definition) is 3. The van der Waals surface area contributed by atoms with E-state index in [0.29, 0.717) is 19.4 Å². The molecule has 0 bridgehead atoms. The van der Waals surface area contributed by atoms with E-state index < -0.39 is 12.1 Å². The van der Waals surface area contributed by atoms with Crippen LogP contribution in [-0.4, -0.2) is 47.4 Å². The maximum absolute atomic E-state index is 12.5. The normalized spacial score (nSPS) is 12.7. The van der Waals surface area contributed by atoms with Gasteiger partial charge in [-0.2, -0.15) is 0 Å². The number of esters is 1. The Morgan fingerprint density at radius 1 is 0.346 bits per heavy atom. The molecule has 0 radical (unpaired) electrons. The summed E-state index contributed by atoms with van der Waals surface area (Å²) in [4.78, 5) is 24.5. The molecule has 3 N–H and O–H groups in total. The number of ether oxygens (including phenoxy) is 1. The number of hydrogen-bond acceptors (Lipinski definition) is 5. The van der Waals surface area contributed by atoms with Gasteiger partial charge in [0.2, 0.25) is 5.91 Å². The Labute approximate surface area is 487 Å². The Morgan fingerprint density at radius 3 is 0.949 bits per heavy atom. The molecule has 6 nitrogen and oxygen atoms in total. The molecule has 0 fully saturated rings. The number of amides is 1. The highest BCUT2D eigenvalue weighted by atomic mass is 16.5. The van der Waals surface area contributed by atoms with Gasteiger partial charge in [0, 0.05) is 12.8 Å². The minimum atomic E-state index is -0.842. The summed E-state index contributed by atoms with van der Waals surface area (Å²) < 4.78 is 5.47. The Kier molecular flexibility index (Phi) is 65.9.